The fraction of sp³-hybridized carbons (Fsp3) is 0.560. The van der Waals surface area contributed by atoms with Gasteiger partial charge in [-0.2, -0.15) is 0 Å². The molecule has 1 aliphatic heterocycles. The highest BCUT2D eigenvalue weighted by Gasteiger charge is 2.32. The zero-order valence-corrected chi connectivity index (χ0v) is 23.0. The summed E-state index contributed by atoms with van der Waals surface area (Å²) in [5.41, 5.74) is 1.29. The maximum atomic E-state index is 13.1. The molecule has 0 radical (unpaired) electrons. The van der Waals surface area contributed by atoms with Crippen molar-refractivity contribution in [2.45, 2.75) is 69.4 Å². The van der Waals surface area contributed by atoms with E-state index >= 15 is 0 Å². The number of hydrogen-bond donors (Lipinski definition) is 4. The third-order valence-electron chi connectivity index (χ3n) is 6.86. The SMILES string of the molecule is CCNS(=O)(=O)c1cc(NC2CN(C(=O)C(C)C)C2)ccc1-c1cnc(C2CCC(NC(=O)O)CC2)s1. The molecule has 1 aromatic carbocycles. The molecule has 12 heteroatoms. The number of likely N-dealkylation sites (tertiary alicyclic amines) is 1. The van der Waals surface area contributed by atoms with Crippen molar-refractivity contribution in [2.24, 2.45) is 5.92 Å². The first kappa shape index (κ1) is 27.3. The molecule has 202 valence electrons. The number of thiazole rings is 1. The van der Waals surface area contributed by atoms with Crippen LogP contribution in [0, 0.1) is 5.92 Å². The van der Waals surface area contributed by atoms with Crippen molar-refractivity contribution in [3.63, 3.8) is 0 Å². The average Bonchev–Trinajstić information content (AvgIpc) is 3.31. The van der Waals surface area contributed by atoms with Gasteiger partial charge in [-0.25, -0.2) is 22.9 Å². The van der Waals surface area contributed by atoms with Crippen molar-refractivity contribution in [2.75, 3.05) is 25.0 Å². The third kappa shape index (κ3) is 6.42. The van der Waals surface area contributed by atoms with Gasteiger partial charge in [0, 0.05) is 55.0 Å². The summed E-state index contributed by atoms with van der Waals surface area (Å²) in [5, 5.41) is 15.8. The van der Waals surface area contributed by atoms with E-state index < -0.39 is 16.1 Å². The van der Waals surface area contributed by atoms with E-state index in [0.717, 1.165) is 35.6 Å². The molecule has 0 atom stereocenters. The number of carbonyl (C=O) groups is 2. The van der Waals surface area contributed by atoms with Crippen LogP contribution in [0.25, 0.3) is 10.4 Å². The lowest BCUT2D eigenvalue weighted by Gasteiger charge is -2.41. The lowest BCUT2D eigenvalue weighted by molar-refractivity contribution is -0.138. The molecule has 0 spiro atoms. The average molecular weight is 550 g/mol. The van der Waals surface area contributed by atoms with Crippen molar-refractivity contribution in [3.8, 4) is 10.4 Å². The Bertz CT molecular complexity index is 1230. The molecule has 2 fully saturated rings. The minimum absolute atomic E-state index is 0.0312. The molecule has 1 saturated heterocycles. The number of hydrogen-bond acceptors (Lipinski definition) is 7. The number of sulfonamides is 1. The highest BCUT2D eigenvalue weighted by Crippen LogP contribution is 2.40. The maximum absolute atomic E-state index is 13.1. The zero-order valence-electron chi connectivity index (χ0n) is 21.4. The molecule has 0 unspecified atom stereocenters. The number of nitrogens with zero attached hydrogens (tertiary/aromatic N) is 2. The normalized spacial score (nSPS) is 20.5. The van der Waals surface area contributed by atoms with Crippen LogP contribution < -0.4 is 15.4 Å². The molecular formula is C25H35N5O5S2. The number of aromatic nitrogens is 1. The van der Waals surface area contributed by atoms with Gasteiger partial charge in [-0.05, 0) is 37.8 Å². The van der Waals surface area contributed by atoms with Gasteiger partial charge in [-0.3, -0.25) is 4.79 Å². The molecular weight excluding hydrogens is 514 g/mol. The first-order chi connectivity index (χ1) is 17.6. The largest absolute Gasteiger partial charge is 0.465 e. The van der Waals surface area contributed by atoms with Crippen LogP contribution in [0.2, 0.25) is 0 Å². The van der Waals surface area contributed by atoms with E-state index in [0.29, 0.717) is 24.3 Å². The van der Waals surface area contributed by atoms with Gasteiger partial charge in [-0.15, -0.1) is 11.3 Å². The molecule has 1 aromatic heterocycles. The quantitative estimate of drug-likeness (QED) is 0.374. The Morgan fingerprint density at radius 3 is 2.49 bits per heavy atom. The van der Waals surface area contributed by atoms with Gasteiger partial charge < -0.3 is 20.6 Å². The highest BCUT2D eigenvalue weighted by molar-refractivity contribution is 7.89. The van der Waals surface area contributed by atoms with E-state index in [9.17, 15) is 18.0 Å². The Kier molecular flexibility index (Phi) is 8.39. The summed E-state index contributed by atoms with van der Waals surface area (Å²) >= 11 is 1.49. The second kappa shape index (κ2) is 11.4. The van der Waals surface area contributed by atoms with Crippen LogP contribution in [0.1, 0.15) is 57.4 Å². The minimum atomic E-state index is -3.75. The van der Waals surface area contributed by atoms with E-state index in [1.165, 1.54) is 11.3 Å². The number of benzene rings is 1. The van der Waals surface area contributed by atoms with Crippen LogP contribution in [0.3, 0.4) is 0 Å². The molecule has 2 amide bonds. The van der Waals surface area contributed by atoms with Gasteiger partial charge in [0.05, 0.1) is 20.8 Å². The lowest BCUT2D eigenvalue weighted by atomic mass is 9.86. The lowest BCUT2D eigenvalue weighted by Crippen LogP contribution is -2.57. The fourth-order valence-corrected chi connectivity index (χ4v) is 7.39. The Hall–Kier alpha value is -2.70. The molecule has 2 heterocycles. The topological polar surface area (TPSA) is 141 Å². The van der Waals surface area contributed by atoms with Crippen LogP contribution in [0.5, 0.6) is 0 Å². The number of carbonyl (C=O) groups excluding carboxylic acids is 1. The molecule has 2 aromatic rings. The summed E-state index contributed by atoms with van der Waals surface area (Å²) in [5.74, 6) is 0.310. The molecule has 4 N–H and O–H groups in total. The smallest absolute Gasteiger partial charge is 0.404 e. The number of anilines is 1. The summed E-state index contributed by atoms with van der Waals surface area (Å²) in [4.78, 5) is 30.4. The van der Waals surface area contributed by atoms with Gasteiger partial charge in [0.15, 0.2) is 0 Å². The standard InChI is InChI=1S/C25H35N5O5S2/c1-4-27-37(34,35)22-11-18(28-19-13-30(14-19)24(31)15(2)3)9-10-20(22)21-12-26-23(36-21)16-5-7-17(8-6-16)29-25(32)33/h9-12,15-17,19,27-29H,4-8,13-14H2,1-3H3,(H,32,33). The number of nitrogens with one attached hydrogen (secondary N) is 3. The minimum Gasteiger partial charge on any atom is -0.465 e. The van der Waals surface area contributed by atoms with Crippen molar-refractivity contribution in [1.29, 1.82) is 0 Å². The van der Waals surface area contributed by atoms with Gasteiger partial charge >= 0.3 is 6.09 Å². The number of amides is 2. The maximum Gasteiger partial charge on any atom is 0.404 e. The zero-order chi connectivity index (χ0) is 26.7. The molecule has 1 saturated carbocycles. The van der Waals surface area contributed by atoms with Gasteiger partial charge in [0.2, 0.25) is 15.9 Å². The van der Waals surface area contributed by atoms with E-state index in [4.69, 9.17) is 5.11 Å². The first-order valence-electron chi connectivity index (χ1n) is 12.7. The van der Waals surface area contributed by atoms with Crippen molar-refractivity contribution in [3.05, 3.63) is 29.4 Å². The van der Waals surface area contributed by atoms with Crippen LogP contribution in [-0.2, 0) is 14.8 Å². The third-order valence-corrected chi connectivity index (χ3v) is 9.64. The Labute approximate surface area is 221 Å². The summed E-state index contributed by atoms with van der Waals surface area (Å²) in [6.45, 7) is 6.97. The van der Waals surface area contributed by atoms with Crippen LogP contribution in [0.4, 0.5) is 10.5 Å². The Morgan fingerprint density at radius 2 is 1.86 bits per heavy atom. The van der Waals surface area contributed by atoms with Crippen molar-refractivity contribution < 1.29 is 23.1 Å². The highest BCUT2D eigenvalue weighted by atomic mass is 32.2. The second-order valence-electron chi connectivity index (χ2n) is 10.0. The fourth-order valence-electron chi connectivity index (χ4n) is 4.92. The van der Waals surface area contributed by atoms with E-state index in [1.54, 1.807) is 24.1 Å². The van der Waals surface area contributed by atoms with Gasteiger partial charge in [0.1, 0.15) is 0 Å². The van der Waals surface area contributed by atoms with E-state index in [2.05, 4.69) is 20.3 Å². The summed E-state index contributed by atoms with van der Waals surface area (Å²) < 4.78 is 28.9. The van der Waals surface area contributed by atoms with E-state index in [-0.39, 0.29) is 41.3 Å². The van der Waals surface area contributed by atoms with Crippen LogP contribution in [-0.4, -0.2) is 67.1 Å². The predicted octanol–water partition coefficient (Wildman–Crippen LogP) is 3.68. The van der Waals surface area contributed by atoms with Crippen LogP contribution >= 0.6 is 11.3 Å². The molecule has 37 heavy (non-hydrogen) atoms. The van der Waals surface area contributed by atoms with Gasteiger partial charge in [0.25, 0.3) is 0 Å². The van der Waals surface area contributed by atoms with E-state index in [1.807, 2.05) is 26.0 Å². The monoisotopic (exact) mass is 549 g/mol. The molecule has 0 bridgehead atoms. The molecule has 1 aliphatic carbocycles. The first-order valence-corrected chi connectivity index (χ1v) is 15.0. The van der Waals surface area contributed by atoms with Crippen LogP contribution in [0.15, 0.2) is 29.3 Å². The molecule has 2 aliphatic rings. The van der Waals surface area contributed by atoms with Crippen molar-refractivity contribution in [1.82, 2.24) is 19.9 Å². The number of rotatable bonds is 9. The summed E-state index contributed by atoms with van der Waals surface area (Å²) in [6.07, 6.45) is 3.92. The second-order valence-corrected chi connectivity index (χ2v) is 12.8. The van der Waals surface area contributed by atoms with Gasteiger partial charge in [-0.1, -0.05) is 26.8 Å². The summed E-state index contributed by atoms with van der Waals surface area (Å²) in [6, 6.07) is 5.38. The van der Waals surface area contributed by atoms with Crippen molar-refractivity contribution >= 4 is 39.0 Å². The Balaban J connectivity index is 1.51. The predicted molar refractivity (Wildman–Crippen MR) is 143 cm³/mol. The molecule has 4 rings (SSSR count). The number of carboxylic acid groups (broad SMARTS) is 1. The summed E-state index contributed by atoms with van der Waals surface area (Å²) in [7, 11) is -3.75. The molecule has 10 nitrogen and oxygen atoms in total. The Morgan fingerprint density at radius 1 is 1.16 bits per heavy atom.